The first kappa shape index (κ1) is 21.2. The fourth-order valence-electron chi connectivity index (χ4n) is 2.44. The zero-order valence-corrected chi connectivity index (χ0v) is 16.7. The van der Waals surface area contributed by atoms with E-state index in [4.69, 9.17) is 4.74 Å². The van der Waals surface area contributed by atoms with Gasteiger partial charge in [-0.15, -0.1) is 0 Å². The van der Waals surface area contributed by atoms with Crippen LogP contribution < -0.4 is 20.1 Å². The van der Waals surface area contributed by atoms with E-state index in [0.717, 1.165) is 17.6 Å². The van der Waals surface area contributed by atoms with Gasteiger partial charge in [-0.1, -0.05) is 18.2 Å². The lowest BCUT2D eigenvalue weighted by molar-refractivity contribution is -0.114. The van der Waals surface area contributed by atoms with E-state index in [0.29, 0.717) is 5.69 Å². The Bertz CT molecular complexity index is 973. The second-order valence-electron chi connectivity index (χ2n) is 6.19. The van der Waals surface area contributed by atoms with Crippen LogP contribution in [0.5, 0.6) is 5.75 Å². The Morgan fingerprint density at radius 3 is 2.46 bits per heavy atom. The minimum Gasteiger partial charge on any atom is -0.491 e. The van der Waals surface area contributed by atoms with Gasteiger partial charge in [0, 0.05) is 12.6 Å². The quantitative estimate of drug-likeness (QED) is 0.582. The van der Waals surface area contributed by atoms with Crippen LogP contribution in [0.2, 0.25) is 0 Å². The summed E-state index contributed by atoms with van der Waals surface area (Å²) < 4.78 is 31.0. The zero-order chi connectivity index (χ0) is 20.7. The molecule has 0 saturated heterocycles. The highest BCUT2D eigenvalue weighted by atomic mass is 32.2. The molecule has 0 radical (unpaired) electrons. The lowest BCUT2D eigenvalue weighted by Gasteiger charge is -2.14. The summed E-state index contributed by atoms with van der Waals surface area (Å²) in [6, 6.07) is 11.9. The van der Waals surface area contributed by atoms with Crippen LogP contribution >= 0.6 is 0 Å². The molecule has 0 aromatic heterocycles. The summed E-state index contributed by atoms with van der Waals surface area (Å²) in [4.78, 5) is 23.8. The van der Waals surface area contributed by atoms with Crippen molar-refractivity contribution in [1.29, 1.82) is 0 Å². The Balaban J connectivity index is 2.08. The van der Waals surface area contributed by atoms with Crippen molar-refractivity contribution >= 4 is 33.2 Å². The van der Waals surface area contributed by atoms with E-state index in [1.54, 1.807) is 0 Å². The number of sulfonamides is 1. The smallest absolute Gasteiger partial charge is 0.253 e. The molecule has 0 bridgehead atoms. The molecule has 3 N–H and O–H groups in total. The second kappa shape index (κ2) is 9.23. The highest BCUT2D eigenvalue weighted by molar-refractivity contribution is 7.92. The molecule has 0 unspecified atom stereocenters. The van der Waals surface area contributed by atoms with E-state index in [-0.39, 0.29) is 30.3 Å². The van der Waals surface area contributed by atoms with Crippen LogP contribution in [0.4, 0.5) is 11.4 Å². The van der Waals surface area contributed by atoms with Crippen LogP contribution in [0.3, 0.4) is 0 Å². The van der Waals surface area contributed by atoms with Crippen molar-refractivity contribution in [2.24, 2.45) is 0 Å². The molecule has 150 valence electrons. The first-order chi connectivity index (χ1) is 13.2. The number of ether oxygens (including phenoxy) is 1. The minimum absolute atomic E-state index is 0.0903. The summed E-state index contributed by atoms with van der Waals surface area (Å²) in [5.74, 6) is -0.0719. The molecule has 0 aliphatic rings. The average molecular weight is 405 g/mol. The molecule has 0 spiro atoms. The number of carbonyl (C=O) groups excluding carboxylic acids is 2. The maximum absolute atomic E-state index is 12.6. The average Bonchev–Trinajstić information content (AvgIpc) is 2.59. The summed E-state index contributed by atoms with van der Waals surface area (Å²) in [6.07, 6.45) is 0.993. The van der Waals surface area contributed by atoms with Gasteiger partial charge in [0.05, 0.1) is 24.1 Å². The molecule has 0 aliphatic carbocycles. The number of nitrogens with one attached hydrogen (secondary N) is 3. The van der Waals surface area contributed by atoms with Crippen LogP contribution in [0, 0.1) is 6.92 Å². The normalized spacial score (nSPS) is 10.8. The van der Waals surface area contributed by atoms with E-state index in [1.165, 1.54) is 25.1 Å². The Kier molecular flexibility index (Phi) is 7.00. The maximum Gasteiger partial charge on any atom is 0.253 e. The molecule has 2 rings (SSSR count). The Hall–Kier alpha value is -3.07. The SMILES string of the molecule is CC(=O)Nc1ccc(NS(C)(=O)=O)c(C(=O)NCCOc2ccccc2C)c1. The number of carbonyl (C=O) groups is 2. The van der Waals surface area contributed by atoms with Gasteiger partial charge in [0.2, 0.25) is 15.9 Å². The molecule has 2 aromatic rings. The third kappa shape index (κ3) is 6.58. The number of benzene rings is 2. The summed E-state index contributed by atoms with van der Waals surface area (Å²) in [7, 11) is -3.58. The number of anilines is 2. The van der Waals surface area contributed by atoms with E-state index in [9.17, 15) is 18.0 Å². The Morgan fingerprint density at radius 2 is 1.82 bits per heavy atom. The number of aryl methyl sites for hydroxylation is 1. The van der Waals surface area contributed by atoms with Gasteiger partial charge in [-0.2, -0.15) is 0 Å². The highest BCUT2D eigenvalue weighted by Crippen LogP contribution is 2.22. The van der Waals surface area contributed by atoms with E-state index in [1.807, 2.05) is 31.2 Å². The van der Waals surface area contributed by atoms with Crippen molar-refractivity contribution in [3.8, 4) is 5.75 Å². The largest absolute Gasteiger partial charge is 0.491 e. The molecule has 0 aliphatic heterocycles. The number of hydrogen-bond donors (Lipinski definition) is 3. The third-order valence-electron chi connectivity index (χ3n) is 3.62. The van der Waals surface area contributed by atoms with Crippen molar-refractivity contribution in [1.82, 2.24) is 5.32 Å². The maximum atomic E-state index is 12.6. The van der Waals surface area contributed by atoms with Gasteiger partial charge in [0.1, 0.15) is 12.4 Å². The van der Waals surface area contributed by atoms with Gasteiger partial charge in [0.15, 0.2) is 0 Å². The summed E-state index contributed by atoms with van der Waals surface area (Å²) >= 11 is 0. The predicted molar refractivity (Wildman–Crippen MR) is 108 cm³/mol. The highest BCUT2D eigenvalue weighted by Gasteiger charge is 2.15. The van der Waals surface area contributed by atoms with Crippen LogP contribution in [0.25, 0.3) is 0 Å². The number of amides is 2. The molecule has 2 amide bonds. The van der Waals surface area contributed by atoms with Gasteiger partial charge in [-0.05, 0) is 36.8 Å². The lowest BCUT2D eigenvalue weighted by atomic mass is 10.1. The van der Waals surface area contributed by atoms with Crippen molar-refractivity contribution < 1.29 is 22.7 Å². The van der Waals surface area contributed by atoms with Gasteiger partial charge in [0.25, 0.3) is 5.91 Å². The lowest BCUT2D eigenvalue weighted by Crippen LogP contribution is -2.29. The molecular formula is C19H23N3O5S. The molecule has 0 atom stereocenters. The fraction of sp³-hybridized carbons (Fsp3) is 0.263. The third-order valence-corrected chi connectivity index (χ3v) is 4.21. The summed E-state index contributed by atoms with van der Waals surface area (Å²) in [6.45, 7) is 3.72. The minimum atomic E-state index is -3.58. The molecule has 0 heterocycles. The van der Waals surface area contributed by atoms with Crippen molar-refractivity contribution in [2.45, 2.75) is 13.8 Å². The number of hydrogen-bond acceptors (Lipinski definition) is 5. The molecule has 28 heavy (non-hydrogen) atoms. The van der Waals surface area contributed by atoms with Crippen molar-refractivity contribution in [3.05, 3.63) is 53.6 Å². The van der Waals surface area contributed by atoms with Crippen LogP contribution in [0.15, 0.2) is 42.5 Å². The first-order valence-electron chi connectivity index (χ1n) is 8.52. The number of rotatable bonds is 8. The van der Waals surface area contributed by atoms with Crippen molar-refractivity contribution in [2.75, 3.05) is 29.4 Å². The molecule has 9 heteroatoms. The van der Waals surface area contributed by atoms with E-state index >= 15 is 0 Å². The summed E-state index contributed by atoms with van der Waals surface area (Å²) in [5.41, 5.74) is 1.57. The van der Waals surface area contributed by atoms with E-state index < -0.39 is 15.9 Å². The van der Waals surface area contributed by atoms with Crippen LogP contribution in [0.1, 0.15) is 22.8 Å². The molecule has 2 aromatic carbocycles. The van der Waals surface area contributed by atoms with Gasteiger partial charge in [-0.25, -0.2) is 8.42 Å². The Labute approximate surface area is 164 Å². The fourth-order valence-corrected chi connectivity index (χ4v) is 3.02. The molecule has 0 fully saturated rings. The zero-order valence-electron chi connectivity index (χ0n) is 15.9. The molecular weight excluding hydrogens is 382 g/mol. The summed E-state index contributed by atoms with van der Waals surface area (Å²) in [5, 5.41) is 5.25. The van der Waals surface area contributed by atoms with Crippen molar-refractivity contribution in [3.63, 3.8) is 0 Å². The second-order valence-corrected chi connectivity index (χ2v) is 7.93. The first-order valence-corrected chi connectivity index (χ1v) is 10.4. The van der Waals surface area contributed by atoms with Crippen LogP contribution in [-0.2, 0) is 14.8 Å². The predicted octanol–water partition coefficient (Wildman–Crippen LogP) is 2.13. The van der Waals surface area contributed by atoms with Gasteiger partial charge in [-0.3, -0.25) is 14.3 Å². The van der Waals surface area contributed by atoms with Gasteiger partial charge >= 0.3 is 0 Å². The van der Waals surface area contributed by atoms with Gasteiger partial charge < -0.3 is 15.4 Å². The number of para-hydroxylation sites is 1. The monoisotopic (exact) mass is 405 g/mol. The molecule has 8 nitrogen and oxygen atoms in total. The standard InChI is InChI=1S/C19H23N3O5S/c1-13-6-4-5-7-18(13)27-11-10-20-19(24)16-12-15(21-14(2)23)8-9-17(16)22-28(3,25)26/h4-9,12,22H,10-11H2,1-3H3,(H,20,24)(H,21,23). The van der Waals surface area contributed by atoms with E-state index in [2.05, 4.69) is 15.4 Å². The topological polar surface area (TPSA) is 114 Å². The Morgan fingerprint density at radius 1 is 1.11 bits per heavy atom. The van der Waals surface area contributed by atoms with Crippen LogP contribution in [-0.4, -0.2) is 39.6 Å². The molecule has 0 saturated carbocycles.